The fourth-order valence-corrected chi connectivity index (χ4v) is 1.24. The SMILES string of the molecule is O=C(Cl)C=CC1C(F)(F)CC1(F)F. The third-order valence-corrected chi connectivity index (χ3v) is 1.93. The number of halogens is 5. The highest BCUT2D eigenvalue weighted by atomic mass is 35.5. The van der Waals surface area contributed by atoms with Gasteiger partial charge < -0.3 is 0 Å². The van der Waals surface area contributed by atoms with E-state index in [0.717, 1.165) is 0 Å². The van der Waals surface area contributed by atoms with Gasteiger partial charge in [0.05, 0.1) is 6.42 Å². The first kappa shape index (κ1) is 10.5. The Kier molecular flexibility index (Phi) is 2.40. The fourth-order valence-electron chi connectivity index (χ4n) is 1.17. The number of carbonyl (C=O) groups excluding carboxylic acids is 1. The van der Waals surface area contributed by atoms with E-state index >= 15 is 0 Å². The molecular formula is C7H5ClF4O. The summed E-state index contributed by atoms with van der Waals surface area (Å²) in [5.74, 6) is -9.08. The van der Waals surface area contributed by atoms with Crippen molar-refractivity contribution in [3.63, 3.8) is 0 Å². The standard InChI is InChI=1S/C7H5ClF4O/c8-5(13)2-1-4-6(9,10)3-7(4,11)12/h1-2,4H,3H2. The van der Waals surface area contributed by atoms with Gasteiger partial charge in [-0.15, -0.1) is 0 Å². The second-order valence-electron chi connectivity index (χ2n) is 2.84. The van der Waals surface area contributed by atoms with E-state index in [1.54, 1.807) is 0 Å². The van der Waals surface area contributed by atoms with Crippen molar-refractivity contribution in [3.8, 4) is 0 Å². The number of alkyl halides is 4. The smallest absolute Gasteiger partial charge is 0.265 e. The Hall–Kier alpha value is -0.580. The van der Waals surface area contributed by atoms with E-state index in [1.165, 1.54) is 0 Å². The van der Waals surface area contributed by atoms with Gasteiger partial charge in [0.25, 0.3) is 11.8 Å². The first-order chi connectivity index (χ1) is 5.76. The van der Waals surface area contributed by atoms with Crippen LogP contribution in [0.15, 0.2) is 12.2 Å². The predicted molar refractivity (Wildman–Crippen MR) is 38.0 cm³/mol. The molecule has 1 saturated carbocycles. The zero-order valence-electron chi connectivity index (χ0n) is 6.24. The molecule has 0 atom stereocenters. The predicted octanol–water partition coefficient (Wildman–Crippen LogP) is 2.60. The molecule has 13 heavy (non-hydrogen) atoms. The average molecular weight is 217 g/mol. The normalized spacial score (nSPS) is 25.9. The average Bonchev–Trinajstić information content (AvgIpc) is 1.81. The number of carbonyl (C=O) groups is 1. The third kappa shape index (κ3) is 2.02. The van der Waals surface area contributed by atoms with Crippen molar-refractivity contribution in [2.75, 3.05) is 0 Å². The molecule has 0 heterocycles. The summed E-state index contributed by atoms with van der Waals surface area (Å²) in [6.07, 6.45) is -0.489. The summed E-state index contributed by atoms with van der Waals surface area (Å²) < 4.78 is 49.9. The van der Waals surface area contributed by atoms with Gasteiger partial charge in [0.2, 0.25) is 5.24 Å². The zero-order valence-corrected chi connectivity index (χ0v) is 6.99. The van der Waals surface area contributed by atoms with Crippen LogP contribution in [-0.2, 0) is 4.79 Å². The van der Waals surface area contributed by atoms with Crippen LogP contribution in [-0.4, -0.2) is 17.1 Å². The lowest BCUT2D eigenvalue weighted by Gasteiger charge is -2.42. The number of hydrogen-bond acceptors (Lipinski definition) is 1. The van der Waals surface area contributed by atoms with Crippen molar-refractivity contribution in [3.05, 3.63) is 12.2 Å². The highest BCUT2D eigenvalue weighted by Gasteiger charge is 2.67. The maximum atomic E-state index is 12.5. The van der Waals surface area contributed by atoms with E-state index in [2.05, 4.69) is 0 Å². The molecule has 0 unspecified atom stereocenters. The summed E-state index contributed by atoms with van der Waals surface area (Å²) in [7, 11) is 0. The molecule has 1 aliphatic rings. The molecule has 0 N–H and O–H groups in total. The molecule has 6 heteroatoms. The number of rotatable bonds is 2. The summed E-state index contributed by atoms with van der Waals surface area (Å²) in [4.78, 5) is 10.1. The number of allylic oxidation sites excluding steroid dienone is 2. The molecule has 1 nitrogen and oxygen atoms in total. The lowest BCUT2D eigenvalue weighted by molar-refractivity contribution is -0.266. The van der Waals surface area contributed by atoms with Gasteiger partial charge in [0.15, 0.2) is 0 Å². The number of hydrogen-bond donors (Lipinski definition) is 0. The Bertz CT molecular complexity index is 247. The summed E-state index contributed by atoms with van der Waals surface area (Å²) in [5, 5.41) is -1.04. The molecule has 0 aromatic heterocycles. The molecule has 0 saturated heterocycles. The quantitative estimate of drug-likeness (QED) is 0.394. The van der Waals surface area contributed by atoms with Gasteiger partial charge in [-0.3, -0.25) is 4.79 Å². The second-order valence-corrected chi connectivity index (χ2v) is 3.21. The van der Waals surface area contributed by atoms with E-state index in [-0.39, 0.29) is 0 Å². The van der Waals surface area contributed by atoms with Crippen molar-refractivity contribution >= 4 is 16.8 Å². The van der Waals surface area contributed by atoms with Crippen molar-refractivity contribution < 1.29 is 22.4 Å². The van der Waals surface area contributed by atoms with Crippen LogP contribution in [0.3, 0.4) is 0 Å². The largest absolute Gasteiger partial charge is 0.276 e. The Morgan fingerprint density at radius 3 is 2.08 bits per heavy atom. The van der Waals surface area contributed by atoms with Gasteiger partial charge in [-0.2, -0.15) is 0 Å². The molecule has 74 valence electrons. The van der Waals surface area contributed by atoms with Gasteiger partial charge in [-0.1, -0.05) is 6.08 Å². The van der Waals surface area contributed by atoms with E-state index in [9.17, 15) is 22.4 Å². The first-order valence-corrected chi connectivity index (χ1v) is 3.77. The lowest BCUT2D eigenvalue weighted by Crippen LogP contribution is -2.55. The fraction of sp³-hybridized carbons (Fsp3) is 0.571. The van der Waals surface area contributed by atoms with Gasteiger partial charge in [0, 0.05) is 0 Å². The summed E-state index contributed by atoms with van der Waals surface area (Å²) in [6.45, 7) is 0. The van der Waals surface area contributed by atoms with Gasteiger partial charge in [0.1, 0.15) is 5.92 Å². The molecule has 0 aliphatic heterocycles. The van der Waals surface area contributed by atoms with Crippen LogP contribution in [0.1, 0.15) is 6.42 Å². The second kappa shape index (κ2) is 2.97. The molecule has 0 radical (unpaired) electrons. The van der Waals surface area contributed by atoms with E-state index < -0.39 is 29.4 Å². The van der Waals surface area contributed by atoms with Crippen molar-refractivity contribution in [2.45, 2.75) is 18.3 Å². The summed E-state index contributed by atoms with van der Waals surface area (Å²) >= 11 is 4.77. The third-order valence-electron chi connectivity index (χ3n) is 1.80. The van der Waals surface area contributed by atoms with E-state index in [0.29, 0.717) is 12.2 Å². The van der Waals surface area contributed by atoms with Crippen molar-refractivity contribution in [1.82, 2.24) is 0 Å². The highest BCUT2D eigenvalue weighted by molar-refractivity contribution is 6.66. The van der Waals surface area contributed by atoms with Crippen LogP contribution in [0.25, 0.3) is 0 Å². The summed E-state index contributed by atoms with van der Waals surface area (Å²) in [5.41, 5.74) is 0. The highest BCUT2D eigenvalue weighted by Crippen LogP contribution is 2.55. The molecule has 0 amide bonds. The minimum atomic E-state index is -3.44. The van der Waals surface area contributed by atoms with Crippen LogP contribution in [0, 0.1) is 5.92 Å². The van der Waals surface area contributed by atoms with Crippen molar-refractivity contribution in [1.29, 1.82) is 0 Å². The van der Waals surface area contributed by atoms with Gasteiger partial charge >= 0.3 is 0 Å². The molecule has 0 bridgehead atoms. The molecular weight excluding hydrogens is 212 g/mol. The topological polar surface area (TPSA) is 17.1 Å². The minimum absolute atomic E-state index is 0.457. The van der Waals surface area contributed by atoms with Crippen LogP contribution < -0.4 is 0 Å². The van der Waals surface area contributed by atoms with Crippen LogP contribution in [0.5, 0.6) is 0 Å². The maximum absolute atomic E-state index is 12.5. The van der Waals surface area contributed by atoms with Crippen LogP contribution >= 0.6 is 11.6 Å². The molecule has 1 rings (SSSR count). The van der Waals surface area contributed by atoms with Crippen LogP contribution in [0.2, 0.25) is 0 Å². The lowest BCUT2D eigenvalue weighted by atomic mass is 9.76. The molecule has 0 aromatic carbocycles. The maximum Gasteiger partial charge on any atom is 0.265 e. The molecule has 0 aromatic rings. The Morgan fingerprint density at radius 1 is 1.31 bits per heavy atom. The first-order valence-electron chi connectivity index (χ1n) is 3.39. The molecule has 0 spiro atoms. The minimum Gasteiger partial charge on any atom is -0.276 e. The molecule has 1 aliphatic carbocycles. The Morgan fingerprint density at radius 2 is 1.77 bits per heavy atom. The van der Waals surface area contributed by atoms with Crippen molar-refractivity contribution in [2.24, 2.45) is 5.92 Å². The summed E-state index contributed by atoms with van der Waals surface area (Å²) in [6, 6.07) is 0. The Balaban J connectivity index is 2.72. The Labute approximate surface area is 76.4 Å². The van der Waals surface area contributed by atoms with E-state index in [1.807, 2.05) is 0 Å². The zero-order chi connectivity index (χ0) is 10.3. The molecule has 1 fully saturated rings. The van der Waals surface area contributed by atoms with Gasteiger partial charge in [-0.05, 0) is 17.7 Å². The monoisotopic (exact) mass is 216 g/mol. The van der Waals surface area contributed by atoms with Crippen LogP contribution in [0.4, 0.5) is 17.6 Å². The van der Waals surface area contributed by atoms with Gasteiger partial charge in [-0.25, -0.2) is 17.6 Å². The van der Waals surface area contributed by atoms with E-state index in [4.69, 9.17) is 11.6 Å².